The number of hydrogen-bond donors (Lipinski definition) is 2. The number of carbonyl (C=O) groups excluding carboxylic acids is 1. The van der Waals surface area contributed by atoms with Crippen LogP contribution in [-0.2, 0) is 23.4 Å². The van der Waals surface area contributed by atoms with Crippen molar-refractivity contribution in [2.75, 3.05) is 0 Å². The van der Waals surface area contributed by atoms with E-state index in [1.807, 2.05) is 42.5 Å². The number of ether oxygens (including phenoxy) is 1. The first-order chi connectivity index (χ1) is 16.0. The molecule has 2 aromatic carbocycles. The Balaban J connectivity index is 1.23. The van der Waals surface area contributed by atoms with Gasteiger partial charge in [-0.25, -0.2) is 4.39 Å². The molecule has 0 radical (unpaired) electrons. The first-order valence-electron chi connectivity index (χ1n) is 11.4. The van der Waals surface area contributed by atoms with Gasteiger partial charge in [0.2, 0.25) is 5.91 Å². The average Bonchev–Trinajstić information content (AvgIpc) is 2.85. The highest BCUT2D eigenvalue weighted by Crippen LogP contribution is 2.36. The van der Waals surface area contributed by atoms with E-state index in [1.165, 1.54) is 12.1 Å². The van der Waals surface area contributed by atoms with Gasteiger partial charge in [0.15, 0.2) is 0 Å². The summed E-state index contributed by atoms with van der Waals surface area (Å²) in [6.07, 6.45) is 5.03. The Morgan fingerprint density at radius 2 is 1.76 bits per heavy atom. The Kier molecular flexibility index (Phi) is 7.35. The average molecular weight is 449 g/mol. The Morgan fingerprint density at radius 1 is 1.03 bits per heavy atom. The number of aryl methyl sites for hydroxylation is 1. The van der Waals surface area contributed by atoms with Crippen LogP contribution in [0.5, 0.6) is 5.75 Å². The summed E-state index contributed by atoms with van der Waals surface area (Å²) in [6, 6.07) is 19.8. The Labute approximate surface area is 193 Å². The zero-order chi connectivity index (χ0) is 23.1. The maximum absolute atomic E-state index is 13.0. The van der Waals surface area contributed by atoms with Gasteiger partial charge < -0.3 is 15.2 Å². The van der Waals surface area contributed by atoms with Crippen molar-refractivity contribution >= 4 is 5.91 Å². The van der Waals surface area contributed by atoms with Crippen LogP contribution in [0.3, 0.4) is 0 Å². The summed E-state index contributed by atoms with van der Waals surface area (Å²) in [5.41, 5.74) is 1.66. The lowest BCUT2D eigenvalue weighted by molar-refractivity contribution is -0.122. The van der Waals surface area contributed by atoms with E-state index in [2.05, 4.69) is 10.3 Å². The van der Waals surface area contributed by atoms with E-state index >= 15 is 0 Å². The van der Waals surface area contributed by atoms with Crippen LogP contribution >= 0.6 is 0 Å². The second-order valence-electron chi connectivity index (χ2n) is 8.65. The summed E-state index contributed by atoms with van der Waals surface area (Å²) in [5.74, 6) is 0.364. The summed E-state index contributed by atoms with van der Waals surface area (Å²) in [4.78, 5) is 16.8. The molecule has 5 nitrogen and oxygen atoms in total. The smallest absolute Gasteiger partial charge is 0.220 e. The highest BCUT2D eigenvalue weighted by molar-refractivity contribution is 5.76. The van der Waals surface area contributed by atoms with Gasteiger partial charge in [0.25, 0.3) is 0 Å². The first-order valence-corrected chi connectivity index (χ1v) is 11.4. The molecule has 3 aromatic rings. The number of nitrogens with one attached hydrogen (secondary N) is 1. The van der Waals surface area contributed by atoms with Crippen molar-refractivity contribution in [3.8, 4) is 5.75 Å². The zero-order valence-corrected chi connectivity index (χ0v) is 18.5. The molecule has 0 aliphatic heterocycles. The number of benzene rings is 2. The molecule has 1 amide bonds. The summed E-state index contributed by atoms with van der Waals surface area (Å²) < 4.78 is 18.8. The summed E-state index contributed by atoms with van der Waals surface area (Å²) in [5, 5.41) is 14.2. The van der Waals surface area contributed by atoms with Gasteiger partial charge in [-0.15, -0.1) is 0 Å². The minimum atomic E-state index is -0.993. The third-order valence-electron chi connectivity index (χ3n) is 6.19. The summed E-state index contributed by atoms with van der Waals surface area (Å²) in [6.45, 7) is 0.467. The molecule has 0 saturated heterocycles. The normalized spacial score (nSPS) is 20.2. The molecule has 1 aliphatic carbocycles. The van der Waals surface area contributed by atoms with E-state index in [1.54, 1.807) is 18.3 Å². The van der Waals surface area contributed by atoms with E-state index in [9.17, 15) is 14.3 Å². The lowest BCUT2D eigenvalue weighted by Crippen LogP contribution is -2.42. The minimum absolute atomic E-state index is 0.0205. The van der Waals surface area contributed by atoms with E-state index in [0.29, 0.717) is 56.6 Å². The third-order valence-corrected chi connectivity index (χ3v) is 6.19. The molecule has 0 spiro atoms. The summed E-state index contributed by atoms with van der Waals surface area (Å²) in [7, 11) is 0. The largest absolute Gasteiger partial charge is 0.487 e. The van der Waals surface area contributed by atoms with Crippen molar-refractivity contribution in [3.05, 3.63) is 95.6 Å². The highest BCUT2D eigenvalue weighted by Gasteiger charge is 2.36. The number of carbonyl (C=O) groups is 1. The maximum Gasteiger partial charge on any atom is 0.220 e. The molecule has 1 fully saturated rings. The van der Waals surface area contributed by atoms with Crippen LogP contribution in [0.2, 0.25) is 0 Å². The highest BCUT2D eigenvalue weighted by atomic mass is 19.1. The maximum atomic E-state index is 13.0. The molecule has 172 valence electrons. The van der Waals surface area contributed by atoms with Crippen LogP contribution in [0.15, 0.2) is 72.9 Å². The molecule has 2 N–H and O–H groups in total. The molecule has 0 bridgehead atoms. The lowest BCUT2D eigenvalue weighted by atomic mass is 9.80. The van der Waals surface area contributed by atoms with Crippen molar-refractivity contribution in [2.24, 2.45) is 0 Å². The van der Waals surface area contributed by atoms with Gasteiger partial charge in [-0.3, -0.25) is 9.78 Å². The van der Waals surface area contributed by atoms with Crippen LogP contribution in [-0.4, -0.2) is 22.0 Å². The quantitative estimate of drug-likeness (QED) is 0.525. The van der Waals surface area contributed by atoms with Crippen molar-refractivity contribution in [2.45, 2.75) is 56.8 Å². The third kappa shape index (κ3) is 6.39. The molecular weight excluding hydrogens is 419 g/mol. The van der Waals surface area contributed by atoms with E-state index < -0.39 is 5.60 Å². The molecule has 1 aromatic heterocycles. The van der Waals surface area contributed by atoms with Crippen molar-refractivity contribution in [3.63, 3.8) is 0 Å². The molecular formula is C27H29FN2O3. The lowest BCUT2D eigenvalue weighted by Gasteiger charge is -2.36. The fourth-order valence-corrected chi connectivity index (χ4v) is 4.19. The Hall–Kier alpha value is -3.25. The standard InChI is InChI=1S/C27H29FN2O3/c28-22-9-6-20(7-10-22)8-13-26(31)30-23-14-16-27(32,17-15-23)25-12-11-24(18-29-25)33-19-21-4-2-1-3-5-21/h1-7,9-12,18,23,32H,8,13-17,19H2,(H,30,31). The Morgan fingerprint density at radius 3 is 2.42 bits per heavy atom. The number of halogens is 1. The fraction of sp³-hybridized carbons (Fsp3) is 0.333. The van der Waals surface area contributed by atoms with Gasteiger partial charge >= 0.3 is 0 Å². The second kappa shape index (κ2) is 10.6. The van der Waals surface area contributed by atoms with Gasteiger partial charge in [0.1, 0.15) is 23.8 Å². The van der Waals surface area contributed by atoms with E-state index in [-0.39, 0.29) is 17.8 Å². The van der Waals surface area contributed by atoms with Crippen LogP contribution < -0.4 is 10.1 Å². The number of pyridine rings is 1. The van der Waals surface area contributed by atoms with Crippen molar-refractivity contribution in [1.29, 1.82) is 0 Å². The Bertz CT molecular complexity index is 1030. The molecule has 33 heavy (non-hydrogen) atoms. The minimum Gasteiger partial charge on any atom is -0.487 e. The molecule has 1 heterocycles. The monoisotopic (exact) mass is 448 g/mol. The molecule has 4 rings (SSSR count). The number of nitrogens with zero attached hydrogens (tertiary/aromatic N) is 1. The van der Waals surface area contributed by atoms with E-state index in [4.69, 9.17) is 4.74 Å². The van der Waals surface area contributed by atoms with E-state index in [0.717, 1.165) is 11.1 Å². The molecule has 6 heteroatoms. The van der Waals surface area contributed by atoms with Gasteiger partial charge in [0, 0.05) is 12.5 Å². The van der Waals surface area contributed by atoms with Crippen molar-refractivity contribution in [1.82, 2.24) is 10.3 Å². The first kappa shape index (κ1) is 22.9. The predicted molar refractivity (Wildman–Crippen MR) is 124 cm³/mol. The van der Waals surface area contributed by atoms with Crippen molar-refractivity contribution < 1.29 is 19.0 Å². The topological polar surface area (TPSA) is 71.5 Å². The van der Waals surface area contributed by atoms with Crippen LogP contribution in [0, 0.1) is 5.82 Å². The second-order valence-corrected chi connectivity index (χ2v) is 8.65. The number of amides is 1. The number of aliphatic hydroxyl groups is 1. The molecule has 0 unspecified atom stereocenters. The van der Waals surface area contributed by atoms with Gasteiger partial charge in [-0.2, -0.15) is 0 Å². The SMILES string of the molecule is O=C(CCc1ccc(F)cc1)NC1CCC(O)(c2ccc(OCc3ccccc3)cn2)CC1. The van der Waals surface area contributed by atoms with Gasteiger partial charge in [-0.05, 0) is 67.5 Å². The number of aromatic nitrogens is 1. The van der Waals surface area contributed by atoms with Crippen LogP contribution in [0.1, 0.15) is 48.9 Å². The number of rotatable bonds is 8. The summed E-state index contributed by atoms with van der Waals surface area (Å²) >= 11 is 0. The van der Waals surface area contributed by atoms with Gasteiger partial charge in [-0.1, -0.05) is 42.5 Å². The fourth-order valence-electron chi connectivity index (χ4n) is 4.19. The predicted octanol–water partition coefficient (Wildman–Crippen LogP) is 4.68. The number of hydrogen-bond acceptors (Lipinski definition) is 4. The zero-order valence-electron chi connectivity index (χ0n) is 18.5. The van der Waals surface area contributed by atoms with Crippen LogP contribution in [0.4, 0.5) is 4.39 Å². The molecule has 1 aliphatic rings. The molecule has 0 atom stereocenters. The molecule has 1 saturated carbocycles. The van der Waals surface area contributed by atoms with Crippen LogP contribution in [0.25, 0.3) is 0 Å². The van der Waals surface area contributed by atoms with Gasteiger partial charge in [0.05, 0.1) is 11.9 Å².